The van der Waals surface area contributed by atoms with Gasteiger partial charge in [0.2, 0.25) is 0 Å². The fourth-order valence-electron chi connectivity index (χ4n) is 4.76. The molecule has 10 nitrogen and oxygen atoms in total. The van der Waals surface area contributed by atoms with Gasteiger partial charge in [0, 0.05) is 30.4 Å². The number of pyridine rings is 3. The lowest BCUT2D eigenvalue weighted by atomic mass is 9.97. The molecule has 0 aliphatic carbocycles. The lowest BCUT2D eigenvalue weighted by Gasteiger charge is -2.34. The Morgan fingerprint density at radius 2 is 1.95 bits per heavy atom. The standard InChI is InChI=1S/C27H35N7O3S/c1-17(2)15-30-23-13-19(11-12-29-23)21-10-9-20(25(31-21)34-16-18(3)14-27(34,4)5)26(35)33-38(36,37)24-8-6-7-22(28)32-24/h6-13,17-18H,14-16H2,1-5H3,(H2,28,32)(H,29,30)(H,33,35). The topological polar surface area (TPSA) is 143 Å². The Bertz CT molecular complexity index is 1440. The van der Waals surface area contributed by atoms with E-state index in [9.17, 15) is 13.2 Å². The number of rotatable bonds is 8. The summed E-state index contributed by atoms with van der Waals surface area (Å²) in [5.74, 6) is 1.25. The summed E-state index contributed by atoms with van der Waals surface area (Å²) in [6.45, 7) is 12.1. The smallest absolute Gasteiger partial charge is 0.281 e. The first-order chi connectivity index (χ1) is 17.9. The number of hydrogen-bond acceptors (Lipinski definition) is 9. The Morgan fingerprint density at radius 1 is 1.18 bits per heavy atom. The zero-order valence-corrected chi connectivity index (χ0v) is 23.2. The number of aromatic nitrogens is 3. The van der Waals surface area contributed by atoms with Gasteiger partial charge in [-0.2, -0.15) is 8.42 Å². The highest BCUT2D eigenvalue weighted by molar-refractivity contribution is 7.90. The summed E-state index contributed by atoms with van der Waals surface area (Å²) < 4.78 is 28.0. The van der Waals surface area contributed by atoms with Crippen molar-refractivity contribution in [3.8, 4) is 11.3 Å². The first-order valence-corrected chi connectivity index (χ1v) is 14.1. The summed E-state index contributed by atoms with van der Waals surface area (Å²) in [6, 6.07) is 11.3. The molecule has 3 aromatic rings. The highest BCUT2D eigenvalue weighted by Crippen LogP contribution is 2.38. The molecule has 11 heteroatoms. The number of nitrogen functional groups attached to an aromatic ring is 1. The number of carbonyl (C=O) groups excluding carboxylic acids is 1. The highest BCUT2D eigenvalue weighted by atomic mass is 32.2. The van der Waals surface area contributed by atoms with Crippen LogP contribution < -0.4 is 20.7 Å². The first kappa shape index (κ1) is 27.3. The minimum absolute atomic E-state index is 0.0411. The van der Waals surface area contributed by atoms with E-state index in [4.69, 9.17) is 10.7 Å². The number of carbonyl (C=O) groups is 1. The van der Waals surface area contributed by atoms with Crippen LogP contribution in [0.5, 0.6) is 0 Å². The van der Waals surface area contributed by atoms with Crippen molar-refractivity contribution in [2.24, 2.45) is 11.8 Å². The number of hydrogen-bond donors (Lipinski definition) is 3. The molecule has 3 aromatic heterocycles. The molecule has 1 unspecified atom stereocenters. The minimum atomic E-state index is -4.24. The van der Waals surface area contributed by atoms with Gasteiger partial charge in [-0.25, -0.2) is 19.7 Å². The van der Waals surface area contributed by atoms with Crippen molar-refractivity contribution in [2.45, 2.75) is 51.6 Å². The van der Waals surface area contributed by atoms with Crippen LogP contribution in [0.2, 0.25) is 0 Å². The minimum Gasteiger partial charge on any atom is -0.384 e. The van der Waals surface area contributed by atoms with Gasteiger partial charge in [0.1, 0.15) is 17.5 Å². The van der Waals surface area contributed by atoms with E-state index in [2.05, 4.69) is 59.5 Å². The van der Waals surface area contributed by atoms with E-state index in [1.165, 1.54) is 18.2 Å². The fourth-order valence-corrected chi connectivity index (χ4v) is 5.70. The number of nitrogens with zero attached hydrogens (tertiary/aromatic N) is 4. The normalized spacial score (nSPS) is 17.0. The Kier molecular flexibility index (Phi) is 7.59. The Labute approximate surface area is 224 Å². The van der Waals surface area contributed by atoms with Crippen LogP contribution in [0.1, 0.15) is 51.4 Å². The van der Waals surface area contributed by atoms with Crippen molar-refractivity contribution in [3.63, 3.8) is 0 Å². The Balaban J connectivity index is 1.74. The Hall–Kier alpha value is -3.73. The molecule has 1 fully saturated rings. The van der Waals surface area contributed by atoms with E-state index in [0.717, 1.165) is 24.3 Å². The molecule has 1 atom stereocenters. The largest absolute Gasteiger partial charge is 0.384 e. The van der Waals surface area contributed by atoms with Gasteiger partial charge in [-0.3, -0.25) is 4.79 Å². The summed E-state index contributed by atoms with van der Waals surface area (Å²) in [7, 11) is -4.24. The van der Waals surface area contributed by atoms with Crippen LogP contribution in [0, 0.1) is 11.8 Å². The molecule has 1 amide bonds. The molecule has 4 N–H and O–H groups in total. The van der Waals surface area contributed by atoms with Crippen LogP contribution in [0.4, 0.5) is 17.5 Å². The number of amides is 1. The second-order valence-electron chi connectivity index (χ2n) is 10.8. The van der Waals surface area contributed by atoms with Crippen molar-refractivity contribution < 1.29 is 13.2 Å². The number of nitrogens with two attached hydrogens (primary N) is 1. The summed E-state index contributed by atoms with van der Waals surface area (Å²) in [5, 5.41) is 2.99. The summed E-state index contributed by atoms with van der Waals surface area (Å²) in [6.07, 6.45) is 2.62. The zero-order chi connectivity index (χ0) is 27.7. The summed E-state index contributed by atoms with van der Waals surface area (Å²) >= 11 is 0. The quantitative estimate of drug-likeness (QED) is 0.389. The lowest BCUT2D eigenvalue weighted by molar-refractivity contribution is 0.0981. The van der Waals surface area contributed by atoms with E-state index in [-0.39, 0.29) is 21.9 Å². The Morgan fingerprint density at radius 3 is 2.61 bits per heavy atom. The fraction of sp³-hybridized carbons (Fsp3) is 0.407. The summed E-state index contributed by atoms with van der Waals surface area (Å²) in [4.78, 5) is 28.6. The van der Waals surface area contributed by atoms with Crippen LogP contribution in [0.3, 0.4) is 0 Å². The molecule has 0 saturated carbocycles. The zero-order valence-electron chi connectivity index (χ0n) is 22.4. The average molecular weight is 538 g/mol. The van der Waals surface area contributed by atoms with Crippen LogP contribution in [-0.2, 0) is 10.0 Å². The van der Waals surface area contributed by atoms with Crippen molar-refractivity contribution in [3.05, 3.63) is 54.2 Å². The molecular weight excluding hydrogens is 502 g/mol. The molecule has 0 aromatic carbocycles. The lowest BCUT2D eigenvalue weighted by Crippen LogP contribution is -2.41. The van der Waals surface area contributed by atoms with Gasteiger partial charge >= 0.3 is 0 Å². The molecule has 1 aliphatic rings. The second-order valence-corrected chi connectivity index (χ2v) is 12.5. The van der Waals surface area contributed by atoms with Gasteiger partial charge in [-0.15, -0.1) is 0 Å². The van der Waals surface area contributed by atoms with Gasteiger partial charge in [0.05, 0.1) is 11.3 Å². The number of sulfonamides is 1. The maximum atomic E-state index is 13.4. The SMILES string of the molecule is CC(C)CNc1cc(-c2ccc(C(=O)NS(=O)(=O)c3cccc(N)n3)c(N3CC(C)CC3(C)C)n2)ccn1. The van der Waals surface area contributed by atoms with Gasteiger partial charge in [-0.05, 0) is 68.5 Å². The molecule has 4 rings (SSSR count). The monoisotopic (exact) mass is 537 g/mol. The van der Waals surface area contributed by atoms with Gasteiger partial charge < -0.3 is 16.0 Å². The molecule has 4 heterocycles. The second kappa shape index (κ2) is 10.6. The van der Waals surface area contributed by atoms with Crippen LogP contribution in [-0.4, -0.2) is 47.9 Å². The van der Waals surface area contributed by atoms with E-state index >= 15 is 0 Å². The van der Waals surface area contributed by atoms with Crippen LogP contribution >= 0.6 is 0 Å². The number of anilines is 3. The third-order valence-corrected chi connectivity index (χ3v) is 7.68. The van der Waals surface area contributed by atoms with E-state index in [1.54, 1.807) is 18.3 Å². The van der Waals surface area contributed by atoms with E-state index < -0.39 is 15.9 Å². The molecular formula is C27H35N7O3S. The predicted octanol–water partition coefficient (Wildman–Crippen LogP) is 3.93. The molecule has 1 saturated heterocycles. The average Bonchev–Trinajstić information content (AvgIpc) is 3.13. The first-order valence-electron chi connectivity index (χ1n) is 12.6. The van der Waals surface area contributed by atoms with Crippen molar-refractivity contribution in [1.82, 2.24) is 19.7 Å². The highest BCUT2D eigenvalue weighted by Gasteiger charge is 2.39. The molecule has 38 heavy (non-hydrogen) atoms. The maximum Gasteiger partial charge on any atom is 0.281 e. The van der Waals surface area contributed by atoms with E-state index in [1.807, 2.05) is 12.1 Å². The van der Waals surface area contributed by atoms with Gasteiger partial charge in [0.25, 0.3) is 15.9 Å². The molecule has 1 aliphatic heterocycles. The third kappa shape index (κ3) is 6.04. The summed E-state index contributed by atoms with van der Waals surface area (Å²) in [5.41, 5.74) is 7.02. The third-order valence-electron chi connectivity index (χ3n) is 6.44. The van der Waals surface area contributed by atoms with E-state index in [0.29, 0.717) is 29.9 Å². The van der Waals surface area contributed by atoms with Crippen molar-refractivity contribution in [1.29, 1.82) is 0 Å². The van der Waals surface area contributed by atoms with Crippen LogP contribution in [0.25, 0.3) is 11.3 Å². The predicted molar refractivity (Wildman–Crippen MR) is 149 cm³/mol. The van der Waals surface area contributed by atoms with Crippen molar-refractivity contribution >= 4 is 33.4 Å². The molecule has 202 valence electrons. The van der Waals surface area contributed by atoms with Gasteiger partial charge in [0.15, 0.2) is 5.03 Å². The molecule has 0 bridgehead atoms. The van der Waals surface area contributed by atoms with Crippen molar-refractivity contribution in [2.75, 3.05) is 29.0 Å². The van der Waals surface area contributed by atoms with Gasteiger partial charge in [-0.1, -0.05) is 26.8 Å². The number of nitrogens with one attached hydrogen (secondary N) is 2. The maximum absolute atomic E-state index is 13.4. The molecule has 0 spiro atoms. The van der Waals surface area contributed by atoms with Crippen LogP contribution in [0.15, 0.2) is 53.7 Å². The molecule has 0 radical (unpaired) electrons.